The first-order valence-electron chi connectivity index (χ1n) is 6.94. The number of anilines is 2. The van der Waals surface area contributed by atoms with Crippen molar-refractivity contribution in [2.45, 2.75) is 20.4 Å². The number of rotatable bonds is 3. The summed E-state index contributed by atoms with van der Waals surface area (Å²) in [5.74, 6) is 0. The molecule has 0 aliphatic carbocycles. The number of nitrogens with two attached hydrogens (primary N) is 1. The molecule has 3 rings (SSSR count). The van der Waals surface area contributed by atoms with Crippen LogP contribution in [0.4, 0.5) is 11.4 Å². The molecule has 21 heavy (non-hydrogen) atoms. The zero-order valence-electron chi connectivity index (χ0n) is 12.2. The summed E-state index contributed by atoms with van der Waals surface area (Å²) in [7, 11) is 0. The predicted molar refractivity (Wildman–Crippen MR) is 87.2 cm³/mol. The van der Waals surface area contributed by atoms with Gasteiger partial charge in [-0.15, -0.1) is 0 Å². The van der Waals surface area contributed by atoms with Gasteiger partial charge in [-0.3, -0.25) is 9.97 Å². The number of hydrogen-bond donors (Lipinski definition) is 2. The van der Waals surface area contributed by atoms with E-state index in [1.165, 1.54) is 0 Å². The summed E-state index contributed by atoms with van der Waals surface area (Å²) in [6.45, 7) is 4.70. The fourth-order valence-electron chi connectivity index (χ4n) is 2.32. The van der Waals surface area contributed by atoms with Crippen molar-refractivity contribution in [1.29, 1.82) is 0 Å². The Bertz CT molecular complexity index is 779. The topological polar surface area (TPSA) is 63.8 Å². The molecule has 0 aliphatic rings. The lowest BCUT2D eigenvalue weighted by Gasteiger charge is -2.11. The Kier molecular flexibility index (Phi) is 3.44. The summed E-state index contributed by atoms with van der Waals surface area (Å²) in [6, 6.07) is 11.9. The van der Waals surface area contributed by atoms with Crippen LogP contribution in [0.5, 0.6) is 0 Å². The van der Waals surface area contributed by atoms with E-state index in [1.54, 1.807) is 0 Å². The lowest BCUT2D eigenvalue weighted by Crippen LogP contribution is -2.02. The Morgan fingerprint density at radius 1 is 1.05 bits per heavy atom. The van der Waals surface area contributed by atoms with Gasteiger partial charge < -0.3 is 11.1 Å². The summed E-state index contributed by atoms with van der Waals surface area (Å²) in [5.41, 5.74) is 11.8. The zero-order chi connectivity index (χ0) is 14.8. The van der Waals surface area contributed by atoms with E-state index in [2.05, 4.69) is 21.4 Å². The third-order valence-electron chi connectivity index (χ3n) is 3.42. The van der Waals surface area contributed by atoms with Crippen molar-refractivity contribution >= 4 is 22.3 Å². The molecule has 0 atom stereocenters. The molecule has 0 fully saturated rings. The van der Waals surface area contributed by atoms with Crippen LogP contribution in [0, 0.1) is 13.8 Å². The zero-order valence-corrected chi connectivity index (χ0v) is 12.2. The largest absolute Gasteiger partial charge is 0.399 e. The molecule has 4 nitrogen and oxygen atoms in total. The van der Waals surface area contributed by atoms with Crippen LogP contribution < -0.4 is 11.1 Å². The van der Waals surface area contributed by atoms with Crippen molar-refractivity contribution in [1.82, 2.24) is 9.97 Å². The van der Waals surface area contributed by atoms with Crippen LogP contribution in [-0.4, -0.2) is 9.97 Å². The molecular weight excluding hydrogens is 260 g/mol. The molecule has 4 heteroatoms. The maximum atomic E-state index is 5.89. The van der Waals surface area contributed by atoms with E-state index in [-0.39, 0.29) is 0 Å². The minimum Gasteiger partial charge on any atom is -0.399 e. The standard InChI is InChI=1S/C17H18N4/c1-11-3-4-13(9-19-11)10-20-17-7-12(2)21-16-6-5-14(18)8-15(16)17/h3-9H,10,18H2,1-2H3,(H,20,21). The Morgan fingerprint density at radius 2 is 1.90 bits per heavy atom. The second-order valence-corrected chi connectivity index (χ2v) is 5.25. The molecule has 0 saturated heterocycles. The monoisotopic (exact) mass is 278 g/mol. The highest BCUT2D eigenvalue weighted by atomic mass is 14.9. The molecule has 3 N–H and O–H groups in total. The number of aromatic nitrogens is 2. The molecule has 106 valence electrons. The summed E-state index contributed by atoms with van der Waals surface area (Å²) < 4.78 is 0. The summed E-state index contributed by atoms with van der Waals surface area (Å²) in [5, 5.41) is 4.50. The molecular formula is C17H18N4. The Hall–Kier alpha value is -2.62. The van der Waals surface area contributed by atoms with Crippen LogP contribution in [0.15, 0.2) is 42.6 Å². The summed E-state index contributed by atoms with van der Waals surface area (Å²) in [6.07, 6.45) is 1.90. The van der Waals surface area contributed by atoms with Gasteiger partial charge in [-0.1, -0.05) is 6.07 Å². The van der Waals surface area contributed by atoms with Crippen molar-refractivity contribution < 1.29 is 0 Å². The van der Waals surface area contributed by atoms with Crippen LogP contribution in [-0.2, 0) is 6.54 Å². The number of pyridine rings is 2. The van der Waals surface area contributed by atoms with Gasteiger partial charge in [0.05, 0.1) is 5.52 Å². The second-order valence-electron chi connectivity index (χ2n) is 5.25. The number of benzene rings is 1. The smallest absolute Gasteiger partial charge is 0.0727 e. The number of aryl methyl sites for hydroxylation is 2. The number of hydrogen-bond acceptors (Lipinski definition) is 4. The molecule has 0 aliphatic heterocycles. The minimum absolute atomic E-state index is 0.723. The first-order valence-corrected chi connectivity index (χ1v) is 6.94. The lowest BCUT2D eigenvalue weighted by molar-refractivity contribution is 1.08. The van der Waals surface area contributed by atoms with Gasteiger partial charge in [0, 0.05) is 40.9 Å². The van der Waals surface area contributed by atoms with E-state index in [0.717, 1.165) is 45.8 Å². The van der Waals surface area contributed by atoms with Gasteiger partial charge in [-0.2, -0.15) is 0 Å². The molecule has 0 radical (unpaired) electrons. The first-order chi connectivity index (χ1) is 10.1. The molecule has 3 aromatic rings. The average molecular weight is 278 g/mol. The maximum absolute atomic E-state index is 5.89. The summed E-state index contributed by atoms with van der Waals surface area (Å²) in [4.78, 5) is 8.85. The maximum Gasteiger partial charge on any atom is 0.0727 e. The van der Waals surface area contributed by atoms with E-state index in [4.69, 9.17) is 5.73 Å². The fraction of sp³-hybridized carbons (Fsp3) is 0.176. The first kappa shape index (κ1) is 13.4. The molecule has 0 amide bonds. The van der Waals surface area contributed by atoms with Gasteiger partial charge in [-0.05, 0) is 49.7 Å². The fourth-order valence-corrected chi connectivity index (χ4v) is 2.32. The van der Waals surface area contributed by atoms with E-state index in [1.807, 2.05) is 50.4 Å². The molecule has 0 bridgehead atoms. The van der Waals surface area contributed by atoms with Crippen molar-refractivity contribution in [2.24, 2.45) is 0 Å². The van der Waals surface area contributed by atoms with E-state index >= 15 is 0 Å². The molecule has 2 aromatic heterocycles. The van der Waals surface area contributed by atoms with Crippen molar-refractivity contribution in [2.75, 3.05) is 11.1 Å². The number of nitrogens with zero attached hydrogens (tertiary/aromatic N) is 2. The molecule has 0 saturated carbocycles. The van der Waals surface area contributed by atoms with Crippen LogP contribution in [0.2, 0.25) is 0 Å². The van der Waals surface area contributed by atoms with Gasteiger partial charge in [0.25, 0.3) is 0 Å². The van der Waals surface area contributed by atoms with Crippen LogP contribution in [0.25, 0.3) is 10.9 Å². The van der Waals surface area contributed by atoms with Crippen molar-refractivity contribution in [3.8, 4) is 0 Å². The van der Waals surface area contributed by atoms with E-state index < -0.39 is 0 Å². The Balaban J connectivity index is 1.92. The highest BCUT2D eigenvalue weighted by Crippen LogP contribution is 2.25. The van der Waals surface area contributed by atoms with Gasteiger partial charge in [-0.25, -0.2) is 0 Å². The van der Waals surface area contributed by atoms with Gasteiger partial charge in [0.1, 0.15) is 0 Å². The molecule has 0 unspecified atom stereocenters. The predicted octanol–water partition coefficient (Wildman–Crippen LogP) is 3.44. The Morgan fingerprint density at radius 3 is 2.67 bits per heavy atom. The normalized spacial score (nSPS) is 10.8. The van der Waals surface area contributed by atoms with E-state index in [9.17, 15) is 0 Å². The molecule has 1 aromatic carbocycles. The highest BCUT2D eigenvalue weighted by Gasteiger charge is 2.05. The minimum atomic E-state index is 0.723. The molecule has 2 heterocycles. The van der Waals surface area contributed by atoms with Gasteiger partial charge >= 0.3 is 0 Å². The quantitative estimate of drug-likeness (QED) is 0.720. The third-order valence-corrected chi connectivity index (χ3v) is 3.42. The summed E-state index contributed by atoms with van der Waals surface area (Å²) >= 11 is 0. The average Bonchev–Trinajstić information content (AvgIpc) is 2.47. The van der Waals surface area contributed by atoms with Gasteiger partial charge in [0.15, 0.2) is 0 Å². The number of fused-ring (bicyclic) bond motifs is 1. The van der Waals surface area contributed by atoms with Gasteiger partial charge in [0.2, 0.25) is 0 Å². The number of nitrogens with one attached hydrogen (secondary N) is 1. The Labute approximate surface area is 124 Å². The third kappa shape index (κ3) is 2.94. The van der Waals surface area contributed by atoms with Crippen molar-refractivity contribution in [3.05, 3.63) is 59.5 Å². The number of nitrogen functional groups attached to an aromatic ring is 1. The van der Waals surface area contributed by atoms with Crippen LogP contribution >= 0.6 is 0 Å². The molecule has 0 spiro atoms. The highest BCUT2D eigenvalue weighted by molar-refractivity contribution is 5.93. The van der Waals surface area contributed by atoms with Crippen LogP contribution in [0.1, 0.15) is 17.0 Å². The van der Waals surface area contributed by atoms with Crippen LogP contribution in [0.3, 0.4) is 0 Å². The van der Waals surface area contributed by atoms with E-state index in [0.29, 0.717) is 0 Å². The lowest BCUT2D eigenvalue weighted by atomic mass is 10.1. The van der Waals surface area contributed by atoms with Crippen molar-refractivity contribution in [3.63, 3.8) is 0 Å². The second kappa shape index (κ2) is 5.40. The SMILES string of the molecule is Cc1ccc(CNc2cc(C)nc3ccc(N)cc23)cn1.